The van der Waals surface area contributed by atoms with Gasteiger partial charge in [-0.1, -0.05) is 31.2 Å². The number of pyridine rings is 1. The maximum absolute atomic E-state index is 16.0. The van der Waals surface area contributed by atoms with Gasteiger partial charge in [-0.15, -0.1) is 0 Å². The van der Waals surface area contributed by atoms with Gasteiger partial charge in [-0.2, -0.15) is 26.3 Å². The Balaban J connectivity index is 0.000000476. The first-order chi connectivity index (χ1) is 25.2. The van der Waals surface area contributed by atoms with Gasteiger partial charge >= 0.3 is 24.3 Å². The van der Waals surface area contributed by atoms with Crippen molar-refractivity contribution in [3.63, 3.8) is 0 Å². The lowest BCUT2D eigenvalue weighted by Crippen LogP contribution is -2.21. The van der Waals surface area contributed by atoms with Crippen LogP contribution in [-0.2, 0) is 16.0 Å². The first-order valence-electron chi connectivity index (χ1n) is 15.6. The number of ether oxygens (including phenoxy) is 1. The highest BCUT2D eigenvalue weighted by Gasteiger charge is 2.39. The zero-order valence-electron chi connectivity index (χ0n) is 28.6. The van der Waals surface area contributed by atoms with E-state index in [1.165, 1.54) is 0 Å². The van der Waals surface area contributed by atoms with Crippen LogP contribution in [0, 0.1) is 12.7 Å². The van der Waals surface area contributed by atoms with Crippen LogP contribution in [0.25, 0.3) is 22.0 Å². The Morgan fingerprint density at radius 3 is 2.13 bits per heavy atom. The molecule has 5 rings (SSSR count). The fraction of sp³-hybridized carbons (Fsp3) is 0.229. The average Bonchev–Trinajstić information content (AvgIpc) is 3.58. The molecule has 0 radical (unpaired) electrons. The van der Waals surface area contributed by atoms with E-state index in [2.05, 4.69) is 20.3 Å². The van der Waals surface area contributed by atoms with Crippen LogP contribution in [0.3, 0.4) is 0 Å². The molecule has 0 fully saturated rings. The zero-order valence-corrected chi connectivity index (χ0v) is 28.6. The molecule has 1 atom stereocenters. The minimum absolute atomic E-state index is 0.183. The van der Waals surface area contributed by atoms with Crippen LogP contribution in [0.1, 0.15) is 52.8 Å². The molecule has 0 aliphatic heterocycles. The minimum Gasteiger partial charge on any atom is -0.491 e. The van der Waals surface area contributed by atoms with Gasteiger partial charge in [0, 0.05) is 28.4 Å². The maximum Gasteiger partial charge on any atom is 0.490 e. The van der Waals surface area contributed by atoms with E-state index in [-0.39, 0.29) is 5.75 Å². The molecule has 1 amide bonds. The Bertz CT molecular complexity index is 2110. The monoisotopic (exact) mass is 766 g/mol. The van der Waals surface area contributed by atoms with Gasteiger partial charge < -0.3 is 36.7 Å². The van der Waals surface area contributed by atoms with Gasteiger partial charge in [-0.3, -0.25) is 4.79 Å². The van der Waals surface area contributed by atoms with Crippen LogP contribution < -0.4 is 21.5 Å². The summed E-state index contributed by atoms with van der Waals surface area (Å²) in [4.78, 5) is 42.2. The number of aromatic nitrogens is 3. The lowest BCUT2D eigenvalue weighted by Gasteiger charge is -2.22. The van der Waals surface area contributed by atoms with E-state index < -0.39 is 42.1 Å². The number of carbonyl (C=O) groups is 3. The number of primary amides is 1. The molecule has 0 spiro atoms. The van der Waals surface area contributed by atoms with E-state index in [1.54, 1.807) is 24.5 Å². The standard InChI is InChI=1S/C31H31FN6O2.2C2HF3O2/c1-4-18-13-23(27(32)25(14-18)40-5-2)28(37-20-9-10-21-19(15-20)11-12-35-29(21)33)31-36-16-24(38-31)22-8-6-7-17(3)26(22)30(34)39;2*3-2(4,5)1(6)7/h6-16,28,37H,4-5H2,1-3H3,(H2,33,35)(H2,34,39)(H,36,38);2*(H,6,7). The average molecular weight is 767 g/mol. The van der Waals surface area contributed by atoms with Crippen molar-refractivity contribution < 1.29 is 60.1 Å². The number of aryl methyl sites for hydroxylation is 2. The molecule has 3 aromatic carbocycles. The molecule has 5 aromatic rings. The predicted molar refractivity (Wildman–Crippen MR) is 183 cm³/mol. The first-order valence-corrected chi connectivity index (χ1v) is 15.6. The highest BCUT2D eigenvalue weighted by atomic mass is 19.4. The van der Waals surface area contributed by atoms with Crippen molar-refractivity contribution in [3.8, 4) is 17.0 Å². The van der Waals surface area contributed by atoms with Crippen LogP contribution in [0.15, 0.2) is 67.0 Å². The van der Waals surface area contributed by atoms with Crippen LogP contribution in [0.4, 0.5) is 42.2 Å². The predicted octanol–water partition coefficient (Wildman–Crippen LogP) is 7.18. The molecular weight excluding hydrogens is 733 g/mol. The van der Waals surface area contributed by atoms with Gasteiger partial charge in [-0.05, 0) is 67.1 Å². The van der Waals surface area contributed by atoms with Crippen molar-refractivity contribution in [2.75, 3.05) is 17.7 Å². The third kappa shape index (κ3) is 10.6. The highest BCUT2D eigenvalue weighted by molar-refractivity contribution is 6.00. The molecule has 54 heavy (non-hydrogen) atoms. The summed E-state index contributed by atoms with van der Waals surface area (Å²) in [6.45, 7) is 5.98. The summed E-state index contributed by atoms with van der Waals surface area (Å²) in [5.74, 6) is -5.45. The summed E-state index contributed by atoms with van der Waals surface area (Å²) in [5.41, 5.74) is 16.1. The number of carboxylic acids is 2. The van der Waals surface area contributed by atoms with Gasteiger partial charge in [0.15, 0.2) is 11.6 Å². The van der Waals surface area contributed by atoms with E-state index in [0.717, 1.165) is 27.6 Å². The first kappa shape index (κ1) is 42.0. The fourth-order valence-electron chi connectivity index (χ4n) is 4.94. The number of nitrogen functional groups attached to an aromatic ring is 1. The Hall–Kier alpha value is -6.40. The normalized spacial score (nSPS) is 11.7. The molecule has 0 bridgehead atoms. The largest absolute Gasteiger partial charge is 0.491 e. The van der Waals surface area contributed by atoms with Gasteiger partial charge in [0.25, 0.3) is 0 Å². The number of nitrogens with zero attached hydrogens (tertiary/aromatic N) is 2. The van der Waals surface area contributed by atoms with Gasteiger partial charge in [0.05, 0.1) is 24.1 Å². The fourth-order valence-corrected chi connectivity index (χ4v) is 4.94. The molecule has 19 heteroatoms. The molecule has 1 unspecified atom stereocenters. The number of nitrogens with two attached hydrogens (primary N) is 2. The van der Waals surface area contributed by atoms with E-state index in [9.17, 15) is 31.1 Å². The zero-order chi connectivity index (χ0) is 40.5. The quantitative estimate of drug-likeness (QED) is 0.0833. The van der Waals surface area contributed by atoms with Crippen LogP contribution in [0.2, 0.25) is 0 Å². The molecule has 12 nitrogen and oxygen atoms in total. The second kappa shape index (κ2) is 17.4. The summed E-state index contributed by atoms with van der Waals surface area (Å²) in [6, 6.07) is 15.8. The number of imidazole rings is 1. The van der Waals surface area contributed by atoms with Gasteiger partial charge in [-0.25, -0.2) is 23.9 Å². The molecule has 0 saturated heterocycles. The van der Waals surface area contributed by atoms with Crippen LogP contribution in [0.5, 0.6) is 5.75 Å². The van der Waals surface area contributed by atoms with Crippen LogP contribution in [-0.4, -0.2) is 62.0 Å². The second-order valence-corrected chi connectivity index (χ2v) is 11.1. The van der Waals surface area contributed by atoms with Gasteiger partial charge in [0.2, 0.25) is 5.91 Å². The number of aromatic amines is 1. The number of fused-ring (bicyclic) bond motifs is 1. The molecule has 2 heterocycles. The summed E-state index contributed by atoms with van der Waals surface area (Å²) < 4.78 is 85.1. The van der Waals surface area contributed by atoms with E-state index in [4.69, 9.17) is 36.0 Å². The lowest BCUT2D eigenvalue weighted by molar-refractivity contribution is -0.193. The number of hydrogen-bond acceptors (Lipinski definition) is 8. The van der Waals surface area contributed by atoms with Crippen molar-refractivity contribution in [2.24, 2.45) is 5.73 Å². The maximum atomic E-state index is 16.0. The number of H-pyrrole nitrogens is 1. The topological polar surface area (TPSA) is 207 Å². The molecule has 0 saturated carbocycles. The highest BCUT2D eigenvalue weighted by Crippen LogP contribution is 2.35. The molecule has 0 aliphatic rings. The number of hydrogen-bond donors (Lipinski definition) is 6. The molecule has 2 aromatic heterocycles. The second-order valence-electron chi connectivity index (χ2n) is 11.1. The minimum atomic E-state index is -5.08. The molecular formula is C35H33F7N6O6. The Labute approximate surface area is 302 Å². The number of carbonyl (C=O) groups excluding carboxylic acids is 1. The third-order valence-corrected chi connectivity index (χ3v) is 7.42. The van der Waals surface area contributed by atoms with Crippen molar-refractivity contribution in [1.82, 2.24) is 15.0 Å². The number of carboxylic acid groups (broad SMARTS) is 2. The number of benzene rings is 3. The number of anilines is 2. The summed E-state index contributed by atoms with van der Waals surface area (Å²) in [5, 5.41) is 19.4. The molecule has 8 N–H and O–H groups in total. The molecule has 288 valence electrons. The van der Waals surface area contributed by atoms with Crippen molar-refractivity contribution >= 4 is 40.1 Å². The number of alkyl halides is 6. The number of aliphatic carboxylic acids is 2. The van der Waals surface area contributed by atoms with Crippen LogP contribution >= 0.6 is 0 Å². The van der Waals surface area contributed by atoms with E-state index in [0.29, 0.717) is 47.1 Å². The Kier molecular flexibility index (Phi) is 13.5. The van der Waals surface area contributed by atoms with Crippen molar-refractivity contribution in [1.29, 1.82) is 0 Å². The summed E-state index contributed by atoms with van der Waals surface area (Å²) in [7, 11) is 0. The third-order valence-electron chi connectivity index (χ3n) is 7.42. The number of nitrogens with one attached hydrogen (secondary N) is 2. The number of amides is 1. The van der Waals surface area contributed by atoms with E-state index >= 15 is 4.39 Å². The molecule has 0 aliphatic carbocycles. The summed E-state index contributed by atoms with van der Waals surface area (Å²) in [6.07, 6.45) is -6.20. The van der Waals surface area contributed by atoms with Crippen molar-refractivity contribution in [3.05, 3.63) is 101 Å². The lowest BCUT2D eigenvalue weighted by atomic mass is 9.99. The Morgan fingerprint density at radius 1 is 0.944 bits per heavy atom. The smallest absolute Gasteiger partial charge is 0.490 e. The number of halogens is 7. The van der Waals surface area contributed by atoms with E-state index in [1.807, 2.05) is 63.2 Å². The van der Waals surface area contributed by atoms with Crippen molar-refractivity contribution in [2.45, 2.75) is 45.6 Å². The number of rotatable bonds is 9. The Morgan fingerprint density at radius 2 is 1.57 bits per heavy atom. The van der Waals surface area contributed by atoms with Gasteiger partial charge in [0.1, 0.15) is 17.7 Å². The SMILES string of the molecule is CCOc1cc(CC)cc(C(Nc2ccc3c(N)nccc3c2)c2ncc(-c3cccc(C)c3C(N)=O)[nH]2)c1F.O=C(O)C(F)(F)F.O=C(O)C(F)(F)F. The summed E-state index contributed by atoms with van der Waals surface area (Å²) >= 11 is 0.